The number of carbonyl (C=O) groups is 1. The fourth-order valence-corrected chi connectivity index (χ4v) is 15.9. The van der Waals surface area contributed by atoms with Gasteiger partial charge >= 0.3 is 5.97 Å². The van der Waals surface area contributed by atoms with Gasteiger partial charge in [-0.3, -0.25) is 4.79 Å². The van der Waals surface area contributed by atoms with Crippen LogP contribution in [0.2, 0.25) is 0 Å². The Hall–Kier alpha value is -2.13. The van der Waals surface area contributed by atoms with Crippen LogP contribution in [0.15, 0.2) is 42.0 Å². The molecule has 8 N–H and O–H groups in total. The number of aliphatic hydroxyl groups excluding tert-OH is 8. The van der Waals surface area contributed by atoms with Crippen molar-refractivity contribution in [3.05, 3.63) is 47.5 Å². The van der Waals surface area contributed by atoms with Crippen LogP contribution >= 0.6 is 0 Å². The lowest BCUT2D eigenvalue weighted by Gasteiger charge is -2.71. The molecule has 0 radical (unpaired) electrons. The zero-order valence-corrected chi connectivity index (χ0v) is 43.3. The summed E-state index contributed by atoms with van der Waals surface area (Å²) in [5, 5.41) is 87.1. The van der Waals surface area contributed by atoms with Crippen LogP contribution in [0.5, 0.6) is 0 Å². The number of carbonyl (C=O) groups excluding carboxylic acids is 1. The summed E-state index contributed by atoms with van der Waals surface area (Å²) >= 11 is 0. The molecule has 7 fully saturated rings. The summed E-state index contributed by atoms with van der Waals surface area (Å²) in [7, 11) is 0. The van der Waals surface area contributed by atoms with E-state index in [0.29, 0.717) is 12.3 Å². The van der Waals surface area contributed by atoms with E-state index in [9.17, 15) is 45.6 Å². The summed E-state index contributed by atoms with van der Waals surface area (Å²) < 4.78 is 43.6. The first-order valence-corrected chi connectivity index (χ1v) is 26.6. The van der Waals surface area contributed by atoms with Gasteiger partial charge in [0.05, 0.1) is 30.3 Å². The van der Waals surface area contributed by atoms with E-state index in [1.54, 1.807) is 0 Å². The van der Waals surface area contributed by atoms with Gasteiger partial charge in [0.1, 0.15) is 67.6 Å². The molecular weight excluding hydrogens is 917 g/mol. The van der Waals surface area contributed by atoms with Crippen molar-refractivity contribution in [2.24, 2.45) is 50.2 Å². The zero-order valence-electron chi connectivity index (χ0n) is 43.3. The Morgan fingerprint density at radius 2 is 1.25 bits per heavy atom. The van der Waals surface area contributed by atoms with Gasteiger partial charge in [0.15, 0.2) is 18.9 Å². The van der Waals surface area contributed by atoms with Crippen molar-refractivity contribution in [2.75, 3.05) is 6.61 Å². The lowest BCUT2D eigenvalue weighted by molar-refractivity contribution is -0.393. The molecular formula is C55H84O16. The molecule has 16 nitrogen and oxygen atoms in total. The Bertz CT molecular complexity index is 2090. The van der Waals surface area contributed by atoms with E-state index < -0.39 is 116 Å². The summed E-state index contributed by atoms with van der Waals surface area (Å²) in [6, 6.07) is 9.95. The average molecular weight is 1000 g/mol. The van der Waals surface area contributed by atoms with Crippen LogP contribution in [0, 0.1) is 50.2 Å². The predicted molar refractivity (Wildman–Crippen MR) is 256 cm³/mol. The average Bonchev–Trinajstić information content (AvgIpc) is 3.33. The minimum absolute atomic E-state index is 0.0512. The maximum Gasteiger partial charge on any atom is 0.313 e. The molecule has 3 saturated heterocycles. The zero-order chi connectivity index (χ0) is 51.4. The number of aliphatic hydroxyl groups is 8. The Kier molecular flexibility index (Phi) is 14.7. The van der Waals surface area contributed by atoms with Crippen LogP contribution in [-0.2, 0) is 44.6 Å². The van der Waals surface area contributed by atoms with Crippen molar-refractivity contribution in [1.29, 1.82) is 0 Å². The molecule has 0 amide bonds. The molecule has 16 heteroatoms. The topological polar surface area (TPSA) is 244 Å². The number of hydrogen-bond donors (Lipinski definition) is 8. The van der Waals surface area contributed by atoms with E-state index in [-0.39, 0.29) is 46.1 Å². The van der Waals surface area contributed by atoms with Gasteiger partial charge in [-0.2, -0.15) is 0 Å². The van der Waals surface area contributed by atoms with Gasteiger partial charge < -0.3 is 74.0 Å². The van der Waals surface area contributed by atoms with Gasteiger partial charge in [-0.1, -0.05) is 90.4 Å². The van der Waals surface area contributed by atoms with Crippen molar-refractivity contribution >= 4 is 5.97 Å². The molecule has 4 saturated carbocycles. The van der Waals surface area contributed by atoms with E-state index in [1.807, 2.05) is 30.3 Å². The maximum absolute atomic E-state index is 14.6. The number of allylic oxidation sites excluding steroid dienone is 2. The standard InChI is InChI=1S/C55H84O16/c1-28-37(57)39(59)41(61)46(66-28)70-44-33(26-56)68-48(45(43(44)63)71-47-42(62)40(60)38(58)29(2)67-47)69-36-18-19-52(7)34(51(36,5)6)17-20-54(9)35(52)16-15-31-32-25-50(3,4)21-23-55(32,24-22-53(31,54)8)49(64)65-27-30-13-11-10-12-14-30/h10-15,28-29,32-48,56-63H,16-27H2,1-9H3/t28-,29-,32-,33+,34-,35+,36+,37-,38-,39+,40+,41+,42+,43-,44+,45+,46-,47-,48-,52-,53+,54+,55-/m0/s1. The van der Waals surface area contributed by atoms with Crippen molar-refractivity contribution in [1.82, 2.24) is 0 Å². The maximum atomic E-state index is 14.6. The molecule has 5 aliphatic carbocycles. The molecule has 0 spiro atoms. The molecule has 9 rings (SSSR count). The summed E-state index contributed by atoms with van der Waals surface area (Å²) in [6.07, 6.45) is -11.0. The first-order valence-electron chi connectivity index (χ1n) is 26.6. The molecule has 1 aromatic carbocycles. The lowest BCUT2D eigenvalue weighted by Crippen LogP contribution is -2.68. The SMILES string of the molecule is C[C@@H]1O[C@@H](O[C@H]2[C@H](O[C@@H]3CC[C@]4(C)[C@H]5CC=C6[C@@H]7CC(C)(C)CC[C@]7(C(=O)OCc7ccccc7)CC[C@@]6(C)[C@]5(C)CC[C@H]4C3(C)C)O[C@H](CO)[C@@H](O[C@@H]3O[C@@H](C)[C@H](O)[C@@H](O)[C@H]3O)[C@@H]2O)[C@H](O)[C@H](O)[C@H]1O. The molecule has 71 heavy (non-hydrogen) atoms. The van der Waals surface area contributed by atoms with Crippen LogP contribution in [-0.4, -0.2) is 152 Å². The number of esters is 1. The second-order valence-corrected chi connectivity index (χ2v) is 25.2. The van der Waals surface area contributed by atoms with Gasteiger partial charge in [-0.15, -0.1) is 0 Å². The Morgan fingerprint density at radius 3 is 1.87 bits per heavy atom. The summed E-state index contributed by atoms with van der Waals surface area (Å²) in [6.45, 7) is 19.3. The molecule has 1 aromatic rings. The van der Waals surface area contributed by atoms with Crippen LogP contribution in [0.1, 0.15) is 132 Å². The fraction of sp³-hybridized carbons (Fsp3) is 0.836. The molecule has 0 aromatic heterocycles. The molecule has 400 valence electrons. The second-order valence-electron chi connectivity index (χ2n) is 25.2. The van der Waals surface area contributed by atoms with Crippen LogP contribution in [0.25, 0.3) is 0 Å². The Balaban J connectivity index is 0.973. The summed E-state index contributed by atoms with van der Waals surface area (Å²) in [5.41, 5.74) is 1.26. The molecule has 8 aliphatic rings. The smallest absolute Gasteiger partial charge is 0.313 e. The minimum Gasteiger partial charge on any atom is -0.460 e. The molecule has 3 aliphatic heterocycles. The highest BCUT2D eigenvalue weighted by Gasteiger charge is 2.70. The number of benzene rings is 1. The van der Waals surface area contributed by atoms with E-state index >= 15 is 0 Å². The van der Waals surface area contributed by atoms with E-state index in [4.69, 9.17) is 33.2 Å². The van der Waals surface area contributed by atoms with Crippen LogP contribution in [0.4, 0.5) is 0 Å². The highest BCUT2D eigenvalue weighted by molar-refractivity contribution is 5.79. The minimum atomic E-state index is -1.74. The molecule has 23 atom stereocenters. The highest BCUT2D eigenvalue weighted by atomic mass is 16.8. The number of fused-ring (bicyclic) bond motifs is 7. The third kappa shape index (κ3) is 8.90. The first-order chi connectivity index (χ1) is 33.3. The summed E-state index contributed by atoms with van der Waals surface area (Å²) in [5.74, 6) is 0.586. The normalized spacial score (nSPS) is 50.3. The van der Waals surface area contributed by atoms with Gasteiger partial charge in [-0.25, -0.2) is 0 Å². The van der Waals surface area contributed by atoms with Crippen LogP contribution < -0.4 is 0 Å². The van der Waals surface area contributed by atoms with E-state index in [0.717, 1.165) is 63.4 Å². The monoisotopic (exact) mass is 1000 g/mol. The van der Waals surface area contributed by atoms with Crippen molar-refractivity contribution in [2.45, 2.75) is 231 Å². The van der Waals surface area contributed by atoms with Crippen molar-refractivity contribution in [3.63, 3.8) is 0 Å². The number of rotatable bonds is 10. The molecule has 0 unspecified atom stereocenters. The lowest BCUT2D eigenvalue weighted by atomic mass is 9.33. The Labute approximate surface area is 419 Å². The Morgan fingerprint density at radius 1 is 0.648 bits per heavy atom. The van der Waals surface area contributed by atoms with Gasteiger partial charge in [0.2, 0.25) is 0 Å². The third-order valence-corrected chi connectivity index (χ3v) is 20.5. The first kappa shape index (κ1) is 53.7. The van der Waals surface area contributed by atoms with Crippen molar-refractivity contribution in [3.8, 4) is 0 Å². The summed E-state index contributed by atoms with van der Waals surface area (Å²) in [4.78, 5) is 14.6. The van der Waals surface area contributed by atoms with Gasteiger partial charge in [-0.05, 0) is 128 Å². The van der Waals surface area contributed by atoms with E-state index in [2.05, 4.69) is 54.5 Å². The molecule has 3 heterocycles. The third-order valence-electron chi connectivity index (χ3n) is 20.5. The van der Waals surface area contributed by atoms with Crippen LogP contribution in [0.3, 0.4) is 0 Å². The quantitative estimate of drug-likeness (QED) is 0.0919. The van der Waals surface area contributed by atoms with Gasteiger partial charge in [0.25, 0.3) is 0 Å². The van der Waals surface area contributed by atoms with Gasteiger partial charge in [0, 0.05) is 0 Å². The molecule has 0 bridgehead atoms. The predicted octanol–water partition coefficient (Wildman–Crippen LogP) is 4.42. The van der Waals surface area contributed by atoms with Crippen molar-refractivity contribution < 1.29 is 78.8 Å². The fourth-order valence-electron chi connectivity index (χ4n) is 15.9. The van der Waals surface area contributed by atoms with E-state index in [1.165, 1.54) is 19.4 Å². The second kappa shape index (κ2) is 19.5. The largest absolute Gasteiger partial charge is 0.460 e. The number of ether oxygens (including phenoxy) is 7. The number of hydrogen-bond acceptors (Lipinski definition) is 16. The highest BCUT2D eigenvalue weighted by Crippen LogP contribution is 2.76.